The summed E-state index contributed by atoms with van der Waals surface area (Å²) < 4.78 is 11.2. The Kier molecular flexibility index (Phi) is 5.39. The van der Waals surface area contributed by atoms with Gasteiger partial charge in [-0.1, -0.05) is 18.2 Å². The van der Waals surface area contributed by atoms with Crippen LogP contribution in [0.1, 0.15) is 5.56 Å². The second-order valence-electron chi connectivity index (χ2n) is 7.48. The molecule has 0 radical (unpaired) electrons. The number of benzene rings is 2. The number of hydrogen-bond acceptors (Lipinski definition) is 5. The fraction of sp³-hybridized carbons (Fsp3) is 0.409. The maximum atomic E-state index is 13.1. The molecule has 0 bridgehead atoms. The molecule has 0 aromatic heterocycles. The minimum Gasteiger partial charge on any atom is -0.486 e. The van der Waals surface area contributed by atoms with Crippen molar-refractivity contribution in [1.82, 2.24) is 4.90 Å². The molecule has 0 fully saturated rings. The number of nitrogens with zero attached hydrogens (tertiary/aromatic N) is 3. The number of para-hydroxylation sites is 2. The molecule has 2 aromatic carbocycles. The predicted molar refractivity (Wildman–Crippen MR) is 111 cm³/mol. The van der Waals surface area contributed by atoms with Gasteiger partial charge in [0.25, 0.3) is 0 Å². The third-order valence-corrected chi connectivity index (χ3v) is 5.19. The molecule has 0 aliphatic carbocycles. The standard InChI is InChI=1S/C22H27N3O3/c1-23(2)9-10-24-11-12-25(19-6-4-3-5-18(19)24)22(26)16-17-7-8-20-21(15-17)28-14-13-27-20/h3-8,15H,9-14,16H2,1-2H3. The highest BCUT2D eigenvalue weighted by Gasteiger charge is 2.26. The van der Waals surface area contributed by atoms with E-state index in [4.69, 9.17) is 9.47 Å². The Bertz CT molecular complexity index is 853. The quantitative estimate of drug-likeness (QED) is 0.796. The Morgan fingerprint density at radius 1 is 1.00 bits per heavy atom. The van der Waals surface area contributed by atoms with Crippen LogP contribution in [0.3, 0.4) is 0 Å². The smallest absolute Gasteiger partial charge is 0.231 e. The summed E-state index contributed by atoms with van der Waals surface area (Å²) in [6.45, 7) is 4.60. The van der Waals surface area contributed by atoms with E-state index < -0.39 is 0 Å². The molecule has 1 amide bonds. The molecular weight excluding hydrogens is 354 g/mol. The number of ether oxygens (including phenoxy) is 2. The third kappa shape index (κ3) is 3.92. The zero-order valence-electron chi connectivity index (χ0n) is 16.6. The molecule has 148 valence electrons. The van der Waals surface area contributed by atoms with Gasteiger partial charge in [0.1, 0.15) is 13.2 Å². The van der Waals surface area contributed by atoms with Gasteiger partial charge in [0.2, 0.25) is 5.91 Å². The highest BCUT2D eigenvalue weighted by atomic mass is 16.6. The fourth-order valence-electron chi connectivity index (χ4n) is 3.70. The fourth-order valence-corrected chi connectivity index (χ4v) is 3.70. The second kappa shape index (κ2) is 8.10. The number of anilines is 2. The number of carbonyl (C=O) groups is 1. The molecule has 0 unspecified atom stereocenters. The Balaban J connectivity index is 1.50. The van der Waals surface area contributed by atoms with Crippen molar-refractivity contribution < 1.29 is 14.3 Å². The summed E-state index contributed by atoms with van der Waals surface area (Å²) in [5, 5.41) is 0. The summed E-state index contributed by atoms with van der Waals surface area (Å²) >= 11 is 0. The van der Waals surface area contributed by atoms with Crippen molar-refractivity contribution in [3.63, 3.8) is 0 Å². The number of fused-ring (bicyclic) bond motifs is 2. The monoisotopic (exact) mass is 381 g/mol. The van der Waals surface area contributed by atoms with Crippen LogP contribution < -0.4 is 19.3 Å². The number of likely N-dealkylation sites (N-methyl/N-ethyl adjacent to an activating group) is 1. The van der Waals surface area contributed by atoms with E-state index in [1.165, 1.54) is 0 Å². The van der Waals surface area contributed by atoms with Gasteiger partial charge in [0.05, 0.1) is 17.8 Å². The first-order valence-corrected chi connectivity index (χ1v) is 9.79. The molecule has 2 aliphatic rings. The molecule has 0 N–H and O–H groups in total. The maximum absolute atomic E-state index is 13.1. The normalized spacial score (nSPS) is 15.5. The Morgan fingerprint density at radius 2 is 1.75 bits per heavy atom. The molecule has 2 heterocycles. The molecular formula is C22H27N3O3. The number of rotatable bonds is 5. The van der Waals surface area contributed by atoms with E-state index in [2.05, 4.69) is 30.0 Å². The molecule has 0 atom stereocenters. The van der Waals surface area contributed by atoms with Gasteiger partial charge in [0, 0.05) is 26.2 Å². The summed E-state index contributed by atoms with van der Waals surface area (Å²) in [7, 11) is 4.16. The first-order valence-electron chi connectivity index (χ1n) is 9.79. The Labute approximate surface area is 166 Å². The van der Waals surface area contributed by atoms with Gasteiger partial charge in [-0.05, 0) is 43.9 Å². The minimum absolute atomic E-state index is 0.108. The molecule has 4 rings (SSSR count). The van der Waals surface area contributed by atoms with Crippen LogP contribution in [0.2, 0.25) is 0 Å². The van der Waals surface area contributed by atoms with E-state index in [1.807, 2.05) is 41.3 Å². The maximum Gasteiger partial charge on any atom is 0.231 e. The van der Waals surface area contributed by atoms with Crippen molar-refractivity contribution in [3.8, 4) is 11.5 Å². The average molecular weight is 381 g/mol. The van der Waals surface area contributed by atoms with Crippen LogP contribution >= 0.6 is 0 Å². The molecule has 0 saturated carbocycles. The van der Waals surface area contributed by atoms with Crippen LogP contribution in [-0.4, -0.2) is 64.3 Å². The highest BCUT2D eigenvalue weighted by molar-refractivity contribution is 5.99. The van der Waals surface area contributed by atoms with Crippen molar-refractivity contribution in [2.45, 2.75) is 6.42 Å². The van der Waals surface area contributed by atoms with Crippen LogP contribution in [-0.2, 0) is 11.2 Å². The lowest BCUT2D eigenvalue weighted by Gasteiger charge is -2.38. The lowest BCUT2D eigenvalue weighted by atomic mass is 10.1. The Hall–Kier alpha value is -2.73. The van der Waals surface area contributed by atoms with Gasteiger partial charge in [-0.2, -0.15) is 0 Å². The molecule has 0 saturated heterocycles. The third-order valence-electron chi connectivity index (χ3n) is 5.19. The van der Waals surface area contributed by atoms with E-state index in [9.17, 15) is 4.79 Å². The largest absolute Gasteiger partial charge is 0.486 e. The number of hydrogen-bond donors (Lipinski definition) is 0. The van der Waals surface area contributed by atoms with Gasteiger partial charge in [-0.3, -0.25) is 4.79 Å². The first-order chi connectivity index (χ1) is 13.6. The van der Waals surface area contributed by atoms with Gasteiger partial charge < -0.3 is 24.2 Å². The van der Waals surface area contributed by atoms with Crippen molar-refractivity contribution in [2.24, 2.45) is 0 Å². The van der Waals surface area contributed by atoms with Gasteiger partial charge >= 0.3 is 0 Å². The van der Waals surface area contributed by atoms with Crippen LogP contribution in [0.15, 0.2) is 42.5 Å². The molecule has 28 heavy (non-hydrogen) atoms. The van der Waals surface area contributed by atoms with Crippen molar-refractivity contribution in [2.75, 3.05) is 63.3 Å². The van der Waals surface area contributed by atoms with E-state index in [1.54, 1.807) is 0 Å². The molecule has 6 heteroatoms. The van der Waals surface area contributed by atoms with Crippen LogP contribution in [0.5, 0.6) is 11.5 Å². The van der Waals surface area contributed by atoms with E-state index >= 15 is 0 Å². The van der Waals surface area contributed by atoms with Crippen LogP contribution in [0, 0.1) is 0 Å². The van der Waals surface area contributed by atoms with Gasteiger partial charge in [0.15, 0.2) is 11.5 Å². The molecule has 6 nitrogen and oxygen atoms in total. The second-order valence-corrected chi connectivity index (χ2v) is 7.48. The summed E-state index contributed by atoms with van der Waals surface area (Å²) in [6.07, 6.45) is 0.350. The van der Waals surface area contributed by atoms with E-state index in [-0.39, 0.29) is 5.91 Å². The topological polar surface area (TPSA) is 45.2 Å². The molecule has 0 spiro atoms. The van der Waals surface area contributed by atoms with Crippen molar-refractivity contribution in [1.29, 1.82) is 0 Å². The SMILES string of the molecule is CN(C)CCN1CCN(C(=O)Cc2ccc3c(c2)OCCO3)c2ccccc21. The highest BCUT2D eigenvalue weighted by Crippen LogP contribution is 2.34. The predicted octanol–water partition coefficient (Wildman–Crippen LogP) is 2.42. The van der Waals surface area contributed by atoms with Crippen LogP contribution in [0.25, 0.3) is 0 Å². The zero-order chi connectivity index (χ0) is 19.5. The number of carbonyl (C=O) groups excluding carboxylic acids is 1. The zero-order valence-corrected chi connectivity index (χ0v) is 16.6. The van der Waals surface area contributed by atoms with E-state index in [0.29, 0.717) is 26.2 Å². The van der Waals surface area contributed by atoms with Crippen molar-refractivity contribution >= 4 is 17.3 Å². The Morgan fingerprint density at radius 3 is 2.54 bits per heavy atom. The minimum atomic E-state index is 0.108. The van der Waals surface area contributed by atoms with Gasteiger partial charge in [-0.25, -0.2) is 0 Å². The summed E-state index contributed by atoms with van der Waals surface area (Å²) in [4.78, 5) is 19.6. The average Bonchev–Trinajstić information content (AvgIpc) is 2.71. The summed E-state index contributed by atoms with van der Waals surface area (Å²) in [5.74, 6) is 1.59. The summed E-state index contributed by atoms with van der Waals surface area (Å²) in [6, 6.07) is 13.9. The molecule has 2 aromatic rings. The molecule has 2 aliphatic heterocycles. The van der Waals surface area contributed by atoms with Gasteiger partial charge in [-0.15, -0.1) is 0 Å². The first kappa shape index (κ1) is 18.6. The number of amides is 1. The van der Waals surface area contributed by atoms with Crippen molar-refractivity contribution in [3.05, 3.63) is 48.0 Å². The summed E-state index contributed by atoms with van der Waals surface area (Å²) in [5.41, 5.74) is 3.07. The van der Waals surface area contributed by atoms with Crippen LogP contribution in [0.4, 0.5) is 11.4 Å². The lowest BCUT2D eigenvalue weighted by Crippen LogP contribution is -2.46. The lowest BCUT2D eigenvalue weighted by molar-refractivity contribution is -0.118. The van der Waals surface area contributed by atoms with E-state index in [0.717, 1.165) is 48.1 Å².